The van der Waals surface area contributed by atoms with Crippen LogP contribution in [0, 0.1) is 11.7 Å². The molecule has 0 N–H and O–H groups in total. The van der Waals surface area contributed by atoms with E-state index in [4.69, 9.17) is 11.6 Å². The fourth-order valence-electron chi connectivity index (χ4n) is 1.81. The van der Waals surface area contributed by atoms with E-state index < -0.39 is 5.82 Å². The van der Waals surface area contributed by atoms with Crippen LogP contribution in [0.1, 0.15) is 12.0 Å². The van der Waals surface area contributed by atoms with Gasteiger partial charge in [-0.1, -0.05) is 23.7 Å². The maximum Gasteiger partial charge on any atom is 0.145 e. The van der Waals surface area contributed by atoms with Gasteiger partial charge < -0.3 is 0 Å². The molecule has 1 fully saturated rings. The molecule has 86 valence electrons. The van der Waals surface area contributed by atoms with Gasteiger partial charge in [0.2, 0.25) is 0 Å². The minimum absolute atomic E-state index is 0.0890. The molecule has 1 saturated heterocycles. The first kappa shape index (κ1) is 11.9. The van der Waals surface area contributed by atoms with Gasteiger partial charge in [-0.05, 0) is 23.8 Å². The summed E-state index contributed by atoms with van der Waals surface area (Å²) in [5.74, 6) is 1.69. The van der Waals surface area contributed by atoms with Gasteiger partial charge in [-0.25, -0.2) is 4.39 Å². The van der Waals surface area contributed by atoms with Crippen molar-refractivity contribution >= 4 is 29.1 Å². The first-order valence-electron chi connectivity index (χ1n) is 5.22. The smallest absolute Gasteiger partial charge is 0.145 e. The zero-order chi connectivity index (χ0) is 11.5. The van der Waals surface area contributed by atoms with Crippen molar-refractivity contribution in [3.63, 3.8) is 0 Å². The molecule has 1 aromatic rings. The second kappa shape index (κ2) is 5.19. The Hall–Kier alpha value is -0.540. The summed E-state index contributed by atoms with van der Waals surface area (Å²) in [6, 6.07) is 4.80. The zero-order valence-corrected chi connectivity index (χ0v) is 10.3. The van der Waals surface area contributed by atoms with Crippen LogP contribution in [0.15, 0.2) is 18.2 Å². The molecule has 1 aliphatic heterocycles. The molecule has 1 nitrogen and oxygen atoms in total. The highest BCUT2D eigenvalue weighted by Crippen LogP contribution is 2.26. The minimum atomic E-state index is -0.455. The normalized spacial score (nSPS) is 20.0. The van der Waals surface area contributed by atoms with Crippen molar-refractivity contribution in [3.8, 4) is 0 Å². The number of hydrogen-bond donors (Lipinski definition) is 0. The van der Waals surface area contributed by atoms with Crippen LogP contribution in [0.3, 0.4) is 0 Å². The van der Waals surface area contributed by atoms with Crippen molar-refractivity contribution in [2.75, 3.05) is 11.5 Å². The molecule has 0 radical (unpaired) electrons. The Labute approximate surface area is 103 Å². The third-order valence-electron chi connectivity index (χ3n) is 2.78. The van der Waals surface area contributed by atoms with Gasteiger partial charge in [0.1, 0.15) is 11.6 Å². The fourth-order valence-corrected chi connectivity index (χ4v) is 3.25. The molecule has 1 unspecified atom stereocenters. The SMILES string of the molecule is O=C(Cc1cccc(Cl)c1F)C1CCSC1. The van der Waals surface area contributed by atoms with Crippen molar-refractivity contribution in [2.24, 2.45) is 5.92 Å². The molecule has 1 aliphatic rings. The molecule has 0 bridgehead atoms. The molecular formula is C12H12ClFOS. The Bertz CT molecular complexity index is 402. The van der Waals surface area contributed by atoms with E-state index in [1.54, 1.807) is 23.9 Å². The number of Topliss-reactive ketones (excluding diaryl/α,β-unsaturated/α-hetero) is 1. The van der Waals surface area contributed by atoms with E-state index in [9.17, 15) is 9.18 Å². The van der Waals surface area contributed by atoms with Crippen molar-refractivity contribution in [2.45, 2.75) is 12.8 Å². The highest BCUT2D eigenvalue weighted by atomic mass is 35.5. The van der Waals surface area contributed by atoms with Gasteiger partial charge in [0, 0.05) is 18.1 Å². The largest absolute Gasteiger partial charge is 0.299 e. The molecule has 1 heterocycles. The van der Waals surface area contributed by atoms with Gasteiger partial charge in [-0.15, -0.1) is 0 Å². The summed E-state index contributed by atoms with van der Waals surface area (Å²) >= 11 is 7.45. The third-order valence-corrected chi connectivity index (χ3v) is 4.24. The second-order valence-corrected chi connectivity index (χ2v) is 5.47. The lowest BCUT2D eigenvalue weighted by molar-refractivity contribution is -0.121. The molecule has 0 amide bonds. The van der Waals surface area contributed by atoms with E-state index in [0.717, 1.165) is 17.9 Å². The van der Waals surface area contributed by atoms with Crippen LogP contribution < -0.4 is 0 Å². The number of thioether (sulfide) groups is 1. The van der Waals surface area contributed by atoms with Gasteiger partial charge in [0.25, 0.3) is 0 Å². The van der Waals surface area contributed by atoms with Crippen LogP contribution in [0.5, 0.6) is 0 Å². The van der Waals surface area contributed by atoms with Gasteiger partial charge in [-0.2, -0.15) is 11.8 Å². The third kappa shape index (κ3) is 2.58. The number of ketones is 1. The number of carbonyl (C=O) groups excluding carboxylic acids is 1. The molecule has 0 saturated carbocycles. The van der Waals surface area contributed by atoms with Crippen LogP contribution in [-0.2, 0) is 11.2 Å². The highest BCUT2D eigenvalue weighted by molar-refractivity contribution is 7.99. The topological polar surface area (TPSA) is 17.1 Å². The van der Waals surface area contributed by atoms with Crippen molar-refractivity contribution in [1.82, 2.24) is 0 Å². The molecule has 1 atom stereocenters. The number of rotatable bonds is 3. The summed E-state index contributed by atoms with van der Waals surface area (Å²) in [6.45, 7) is 0. The van der Waals surface area contributed by atoms with Crippen LogP contribution in [0.2, 0.25) is 5.02 Å². The molecule has 0 aromatic heterocycles. The standard InChI is InChI=1S/C12H12ClFOS/c13-10-3-1-2-8(12(10)14)6-11(15)9-4-5-16-7-9/h1-3,9H,4-7H2. The van der Waals surface area contributed by atoms with Crippen molar-refractivity contribution in [3.05, 3.63) is 34.6 Å². The predicted octanol–water partition coefficient (Wildman–Crippen LogP) is 3.34. The second-order valence-electron chi connectivity index (χ2n) is 3.92. The maximum atomic E-state index is 13.6. The summed E-state index contributed by atoms with van der Waals surface area (Å²) in [5, 5.41) is 0.0890. The zero-order valence-electron chi connectivity index (χ0n) is 8.71. The molecule has 0 spiro atoms. The van der Waals surface area contributed by atoms with E-state index in [0.29, 0.717) is 5.56 Å². The lowest BCUT2D eigenvalue weighted by atomic mass is 9.97. The van der Waals surface area contributed by atoms with E-state index in [1.807, 2.05) is 0 Å². The van der Waals surface area contributed by atoms with E-state index in [-0.39, 0.29) is 23.1 Å². The summed E-state index contributed by atoms with van der Waals surface area (Å²) in [4.78, 5) is 11.9. The summed E-state index contributed by atoms with van der Waals surface area (Å²) in [7, 11) is 0. The van der Waals surface area contributed by atoms with Gasteiger partial charge in [0.05, 0.1) is 5.02 Å². The number of benzene rings is 1. The van der Waals surface area contributed by atoms with Crippen LogP contribution in [0.25, 0.3) is 0 Å². The van der Waals surface area contributed by atoms with Crippen LogP contribution >= 0.6 is 23.4 Å². The number of carbonyl (C=O) groups is 1. The summed E-state index contributed by atoms with van der Waals surface area (Å²) < 4.78 is 13.6. The van der Waals surface area contributed by atoms with Crippen molar-refractivity contribution < 1.29 is 9.18 Å². The summed E-state index contributed by atoms with van der Waals surface area (Å²) in [5.41, 5.74) is 0.411. The Morgan fingerprint density at radius 3 is 3.06 bits per heavy atom. The Morgan fingerprint density at radius 1 is 1.56 bits per heavy atom. The van der Waals surface area contributed by atoms with E-state index in [2.05, 4.69) is 0 Å². The highest BCUT2D eigenvalue weighted by Gasteiger charge is 2.24. The monoisotopic (exact) mass is 258 g/mol. The molecule has 0 aliphatic carbocycles. The lowest BCUT2D eigenvalue weighted by Gasteiger charge is -2.08. The Morgan fingerprint density at radius 2 is 2.38 bits per heavy atom. The molecule has 4 heteroatoms. The van der Waals surface area contributed by atoms with Crippen LogP contribution in [0.4, 0.5) is 4.39 Å². The Balaban J connectivity index is 2.08. The average Bonchev–Trinajstić information content (AvgIpc) is 2.78. The predicted molar refractivity (Wildman–Crippen MR) is 65.6 cm³/mol. The lowest BCUT2D eigenvalue weighted by Crippen LogP contribution is -2.16. The summed E-state index contributed by atoms with van der Waals surface area (Å²) in [6.07, 6.45) is 1.09. The van der Waals surface area contributed by atoms with E-state index in [1.165, 1.54) is 6.07 Å². The van der Waals surface area contributed by atoms with Gasteiger partial charge in [-0.3, -0.25) is 4.79 Å². The quantitative estimate of drug-likeness (QED) is 0.827. The van der Waals surface area contributed by atoms with Gasteiger partial charge >= 0.3 is 0 Å². The maximum absolute atomic E-state index is 13.6. The molecule has 16 heavy (non-hydrogen) atoms. The fraction of sp³-hybridized carbons (Fsp3) is 0.417. The van der Waals surface area contributed by atoms with E-state index >= 15 is 0 Å². The number of hydrogen-bond acceptors (Lipinski definition) is 2. The number of halogens is 2. The first-order chi connectivity index (χ1) is 7.68. The minimum Gasteiger partial charge on any atom is -0.299 e. The molecule has 2 rings (SSSR count). The first-order valence-corrected chi connectivity index (χ1v) is 6.75. The average molecular weight is 259 g/mol. The van der Waals surface area contributed by atoms with Crippen molar-refractivity contribution in [1.29, 1.82) is 0 Å². The molecular weight excluding hydrogens is 247 g/mol. The molecule has 1 aromatic carbocycles. The van der Waals surface area contributed by atoms with Gasteiger partial charge in [0.15, 0.2) is 0 Å². The van der Waals surface area contributed by atoms with Crippen LogP contribution in [-0.4, -0.2) is 17.3 Å². The Kier molecular flexibility index (Phi) is 3.87.